The molecule has 0 radical (unpaired) electrons. The van der Waals surface area contributed by atoms with Gasteiger partial charge in [-0.2, -0.15) is 0 Å². The lowest BCUT2D eigenvalue weighted by atomic mass is 10.0. The zero-order valence-electron chi connectivity index (χ0n) is 25.9. The van der Waals surface area contributed by atoms with Crippen molar-refractivity contribution in [1.29, 1.82) is 0 Å². The van der Waals surface area contributed by atoms with E-state index in [9.17, 15) is 20.1 Å². The van der Waals surface area contributed by atoms with E-state index >= 15 is 0 Å². The Hall–Kier alpha value is -1.69. The lowest BCUT2D eigenvalue weighted by Gasteiger charge is -2.26. The van der Waals surface area contributed by atoms with Crippen molar-refractivity contribution in [3.8, 4) is 0 Å². The highest BCUT2D eigenvalue weighted by Gasteiger charge is 2.26. The van der Waals surface area contributed by atoms with Gasteiger partial charge in [0, 0.05) is 6.42 Å². The monoisotopic (exact) mass is 561 g/mol. The Labute approximate surface area is 246 Å². The fourth-order valence-electron chi connectivity index (χ4n) is 4.50. The largest absolute Gasteiger partial charge is 0.394 e. The summed E-state index contributed by atoms with van der Waals surface area (Å²) < 4.78 is 0. The van der Waals surface area contributed by atoms with Crippen LogP contribution in [0.25, 0.3) is 0 Å². The van der Waals surface area contributed by atoms with Crippen LogP contribution in [-0.2, 0) is 4.79 Å². The van der Waals surface area contributed by atoms with E-state index in [1.54, 1.807) is 0 Å². The van der Waals surface area contributed by atoms with Crippen molar-refractivity contribution in [2.24, 2.45) is 0 Å². The van der Waals surface area contributed by atoms with Gasteiger partial charge in [0.1, 0.15) is 6.10 Å². The number of amides is 1. The molecular weight excluding hydrogens is 498 g/mol. The van der Waals surface area contributed by atoms with Gasteiger partial charge in [0.15, 0.2) is 0 Å². The maximum atomic E-state index is 12.3. The maximum Gasteiger partial charge on any atom is 0.220 e. The molecular formula is C35H63NO4. The highest BCUT2D eigenvalue weighted by molar-refractivity contribution is 5.76. The molecule has 0 aliphatic heterocycles. The summed E-state index contributed by atoms with van der Waals surface area (Å²) in [7, 11) is 0. The van der Waals surface area contributed by atoms with Crippen molar-refractivity contribution in [1.82, 2.24) is 5.32 Å². The molecule has 0 aliphatic rings. The zero-order valence-corrected chi connectivity index (χ0v) is 25.9. The first-order chi connectivity index (χ1) is 19.6. The Morgan fingerprint density at radius 1 is 0.625 bits per heavy atom. The number of hydrogen-bond acceptors (Lipinski definition) is 4. The molecule has 0 saturated heterocycles. The molecule has 0 aromatic carbocycles. The summed E-state index contributed by atoms with van der Waals surface area (Å²) in [5.74, 6) is -0.176. The number of nitrogens with one attached hydrogen (secondary N) is 1. The fourth-order valence-corrected chi connectivity index (χ4v) is 4.50. The van der Waals surface area contributed by atoms with Crippen LogP contribution in [0.4, 0.5) is 0 Å². The summed E-state index contributed by atoms with van der Waals surface area (Å²) in [4.78, 5) is 12.3. The van der Waals surface area contributed by atoms with Gasteiger partial charge in [-0.15, -0.1) is 0 Å². The second-order valence-electron chi connectivity index (χ2n) is 11.0. The SMILES string of the molecule is CCCC/C=C/CC/C=C/CCCC(O)C(O)C(CO)NC(=O)CCCCCCCC/C=C\C=C/CCCCC. The third kappa shape index (κ3) is 25.3. The van der Waals surface area contributed by atoms with Crippen molar-refractivity contribution in [2.75, 3.05) is 6.61 Å². The number of rotatable bonds is 28. The quantitative estimate of drug-likeness (QED) is 0.0440. The van der Waals surface area contributed by atoms with Crippen LogP contribution in [0.15, 0.2) is 48.6 Å². The minimum absolute atomic E-state index is 0.176. The van der Waals surface area contributed by atoms with Gasteiger partial charge in [-0.1, -0.05) is 114 Å². The van der Waals surface area contributed by atoms with Crippen LogP contribution in [-0.4, -0.2) is 46.1 Å². The van der Waals surface area contributed by atoms with Gasteiger partial charge in [0.2, 0.25) is 5.91 Å². The first-order valence-corrected chi connectivity index (χ1v) is 16.4. The minimum atomic E-state index is -1.17. The summed E-state index contributed by atoms with van der Waals surface area (Å²) in [6.45, 7) is 4.04. The van der Waals surface area contributed by atoms with Crippen LogP contribution in [0.5, 0.6) is 0 Å². The van der Waals surface area contributed by atoms with Crippen molar-refractivity contribution in [3.05, 3.63) is 48.6 Å². The van der Waals surface area contributed by atoms with Crippen molar-refractivity contribution < 1.29 is 20.1 Å². The number of unbranched alkanes of at least 4 members (excludes halogenated alkanes) is 13. The molecule has 0 aromatic heterocycles. The van der Waals surface area contributed by atoms with E-state index in [-0.39, 0.29) is 5.91 Å². The highest BCUT2D eigenvalue weighted by Crippen LogP contribution is 2.12. The van der Waals surface area contributed by atoms with Gasteiger partial charge in [0.05, 0.1) is 18.8 Å². The molecule has 0 bridgehead atoms. The van der Waals surface area contributed by atoms with Crippen LogP contribution < -0.4 is 5.32 Å². The Bertz CT molecular complexity index is 670. The number of allylic oxidation sites excluding steroid dienone is 8. The molecule has 0 aromatic rings. The second-order valence-corrected chi connectivity index (χ2v) is 11.0. The number of aliphatic hydroxyl groups is 3. The number of hydrogen-bond donors (Lipinski definition) is 4. The summed E-state index contributed by atoms with van der Waals surface area (Å²) in [5, 5.41) is 33.1. The second kappa shape index (κ2) is 30.3. The summed E-state index contributed by atoms with van der Waals surface area (Å²) in [5.41, 5.74) is 0. The smallest absolute Gasteiger partial charge is 0.220 e. The van der Waals surface area contributed by atoms with Gasteiger partial charge in [-0.05, 0) is 70.6 Å². The van der Waals surface area contributed by atoms with Gasteiger partial charge < -0.3 is 20.6 Å². The third-order valence-corrected chi connectivity index (χ3v) is 7.16. The third-order valence-electron chi connectivity index (χ3n) is 7.16. The fraction of sp³-hybridized carbons (Fsp3) is 0.743. The van der Waals surface area contributed by atoms with Gasteiger partial charge >= 0.3 is 0 Å². The highest BCUT2D eigenvalue weighted by atomic mass is 16.3. The molecule has 0 spiro atoms. The van der Waals surface area contributed by atoms with Crippen molar-refractivity contribution in [3.63, 3.8) is 0 Å². The average Bonchev–Trinajstić information content (AvgIpc) is 2.96. The van der Waals surface area contributed by atoms with Crippen LogP contribution in [0.2, 0.25) is 0 Å². The van der Waals surface area contributed by atoms with Crippen LogP contribution in [0, 0.1) is 0 Å². The molecule has 3 atom stereocenters. The van der Waals surface area contributed by atoms with E-state index in [1.807, 2.05) is 0 Å². The van der Waals surface area contributed by atoms with E-state index < -0.39 is 24.9 Å². The molecule has 232 valence electrons. The van der Waals surface area contributed by atoms with Crippen LogP contribution in [0.1, 0.15) is 142 Å². The molecule has 0 saturated carbocycles. The van der Waals surface area contributed by atoms with Crippen LogP contribution in [0.3, 0.4) is 0 Å². The topological polar surface area (TPSA) is 89.8 Å². The van der Waals surface area contributed by atoms with Crippen LogP contribution >= 0.6 is 0 Å². The van der Waals surface area contributed by atoms with E-state index in [2.05, 4.69) is 67.8 Å². The summed E-state index contributed by atoms with van der Waals surface area (Å²) >= 11 is 0. The molecule has 0 fully saturated rings. The number of carbonyl (C=O) groups excluding carboxylic acids is 1. The van der Waals surface area contributed by atoms with Crippen molar-refractivity contribution in [2.45, 2.75) is 161 Å². The molecule has 40 heavy (non-hydrogen) atoms. The molecule has 0 heterocycles. The van der Waals surface area contributed by atoms with Gasteiger partial charge in [-0.3, -0.25) is 4.79 Å². The molecule has 5 nitrogen and oxygen atoms in total. The maximum absolute atomic E-state index is 12.3. The number of aliphatic hydroxyl groups excluding tert-OH is 3. The van der Waals surface area contributed by atoms with Gasteiger partial charge in [-0.25, -0.2) is 0 Å². The van der Waals surface area contributed by atoms with E-state index in [0.717, 1.165) is 57.8 Å². The summed E-state index contributed by atoms with van der Waals surface area (Å²) in [6, 6.07) is -0.836. The Morgan fingerprint density at radius 2 is 1.12 bits per heavy atom. The predicted octanol–water partition coefficient (Wildman–Crippen LogP) is 8.25. The molecule has 0 rings (SSSR count). The average molecular weight is 562 g/mol. The zero-order chi connectivity index (χ0) is 29.5. The summed E-state index contributed by atoms with van der Waals surface area (Å²) in [6.07, 6.45) is 36.2. The van der Waals surface area contributed by atoms with Gasteiger partial charge in [0.25, 0.3) is 0 Å². The standard InChI is InChI=1S/C35H63NO4/c1-3-5-7-9-11-13-15-16-17-18-20-22-24-26-28-30-34(39)36-32(31-37)35(40)33(38)29-27-25-23-21-19-14-12-10-8-6-4-2/h10-13,15-16,21,23,32-33,35,37-38,40H,3-9,14,17-20,22,24-31H2,1-2H3,(H,36,39)/b12-10+,13-11-,16-15-,23-21+. The predicted molar refractivity (Wildman–Crippen MR) is 171 cm³/mol. The lowest BCUT2D eigenvalue weighted by Crippen LogP contribution is -2.50. The molecule has 4 N–H and O–H groups in total. The van der Waals surface area contributed by atoms with E-state index in [1.165, 1.54) is 57.8 Å². The minimum Gasteiger partial charge on any atom is -0.394 e. The lowest BCUT2D eigenvalue weighted by molar-refractivity contribution is -0.124. The normalized spacial score (nSPS) is 14.6. The molecule has 1 amide bonds. The van der Waals surface area contributed by atoms with E-state index in [0.29, 0.717) is 12.8 Å². The first-order valence-electron chi connectivity index (χ1n) is 16.4. The first kappa shape index (κ1) is 38.3. The molecule has 0 aliphatic carbocycles. The van der Waals surface area contributed by atoms with E-state index in [4.69, 9.17) is 0 Å². The number of carbonyl (C=O) groups is 1. The Morgan fingerprint density at radius 3 is 1.73 bits per heavy atom. The molecule has 5 heteroatoms. The van der Waals surface area contributed by atoms with Crippen molar-refractivity contribution >= 4 is 5.91 Å². The molecule has 3 unspecified atom stereocenters. The Balaban J connectivity index is 3.84. The Kier molecular flexibility index (Phi) is 29.0.